The van der Waals surface area contributed by atoms with Crippen LogP contribution in [0.4, 0.5) is 5.82 Å². The molecule has 1 N–H and O–H groups in total. The Morgan fingerprint density at radius 2 is 2.06 bits per heavy atom. The molecule has 18 heavy (non-hydrogen) atoms. The molecule has 0 radical (unpaired) electrons. The Labute approximate surface area is 109 Å². The number of piperidine rings is 1. The van der Waals surface area contributed by atoms with Gasteiger partial charge in [-0.15, -0.1) is 0 Å². The van der Waals surface area contributed by atoms with Gasteiger partial charge in [0.25, 0.3) is 0 Å². The van der Waals surface area contributed by atoms with Gasteiger partial charge in [-0.25, -0.2) is 4.98 Å². The molecule has 2 rings (SSSR count). The number of nitrogens with zero attached hydrogens (tertiary/aromatic N) is 3. The van der Waals surface area contributed by atoms with Crippen LogP contribution < -0.4 is 4.90 Å². The van der Waals surface area contributed by atoms with Gasteiger partial charge in [0, 0.05) is 30.9 Å². The maximum absolute atomic E-state index is 9.80. The third-order valence-corrected chi connectivity index (χ3v) is 3.76. The molecule has 100 valence electrons. The minimum atomic E-state index is -0.458. The Kier molecular flexibility index (Phi) is 4.19. The first-order chi connectivity index (χ1) is 8.59. The van der Waals surface area contributed by atoms with E-state index in [1.165, 1.54) is 0 Å². The topological polar surface area (TPSA) is 39.6 Å². The molecule has 0 spiro atoms. The summed E-state index contributed by atoms with van der Waals surface area (Å²) in [6.07, 6.45) is 3.66. The molecule has 1 aromatic heterocycles. The van der Waals surface area contributed by atoms with Gasteiger partial charge in [0.05, 0.1) is 6.10 Å². The van der Waals surface area contributed by atoms with Gasteiger partial charge in [0.2, 0.25) is 0 Å². The molecule has 0 amide bonds. The van der Waals surface area contributed by atoms with Crippen LogP contribution in [0, 0.1) is 0 Å². The number of pyridine rings is 1. The zero-order valence-electron chi connectivity index (χ0n) is 11.5. The fourth-order valence-electron chi connectivity index (χ4n) is 2.59. The van der Waals surface area contributed by atoms with Crippen LogP contribution in [-0.4, -0.2) is 48.2 Å². The average Bonchev–Trinajstić information content (AvgIpc) is 2.39. The molecule has 0 bridgehead atoms. The Bertz CT molecular complexity index is 384. The van der Waals surface area contributed by atoms with Crippen molar-refractivity contribution in [3.8, 4) is 0 Å². The molecule has 0 aromatic carbocycles. The Balaban J connectivity index is 2.10. The van der Waals surface area contributed by atoms with Crippen molar-refractivity contribution in [2.75, 3.05) is 32.1 Å². The van der Waals surface area contributed by atoms with Crippen molar-refractivity contribution < 1.29 is 5.11 Å². The van der Waals surface area contributed by atoms with Crippen LogP contribution in [0.2, 0.25) is 0 Å². The highest BCUT2D eigenvalue weighted by Gasteiger charge is 2.23. The second kappa shape index (κ2) is 5.67. The largest absolute Gasteiger partial charge is 0.389 e. The number of aliphatic hydroxyl groups is 1. The Morgan fingerprint density at radius 1 is 1.39 bits per heavy atom. The van der Waals surface area contributed by atoms with E-state index in [0.29, 0.717) is 6.04 Å². The quantitative estimate of drug-likeness (QED) is 0.884. The van der Waals surface area contributed by atoms with Gasteiger partial charge in [0.1, 0.15) is 5.82 Å². The first kappa shape index (κ1) is 13.3. The van der Waals surface area contributed by atoms with Crippen molar-refractivity contribution in [3.05, 3.63) is 23.9 Å². The van der Waals surface area contributed by atoms with Crippen molar-refractivity contribution in [1.82, 2.24) is 9.88 Å². The molecular formula is C14H23N3O. The number of hydrogen-bond acceptors (Lipinski definition) is 4. The summed E-state index contributed by atoms with van der Waals surface area (Å²) in [5.74, 6) is 0.949. The molecular weight excluding hydrogens is 226 g/mol. The Morgan fingerprint density at radius 3 is 2.61 bits per heavy atom. The molecule has 1 aliphatic rings. The summed E-state index contributed by atoms with van der Waals surface area (Å²) in [5, 5.41) is 9.80. The predicted molar refractivity (Wildman–Crippen MR) is 73.8 cm³/mol. The van der Waals surface area contributed by atoms with Crippen LogP contribution >= 0.6 is 0 Å². The normalized spacial score (nSPS) is 19.3. The summed E-state index contributed by atoms with van der Waals surface area (Å²) in [4.78, 5) is 9.04. The van der Waals surface area contributed by atoms with E-state index >= 15 is 0 Å². The highest BCUT2D eigenvalue weighted by Crippen LogP contribution is 2.26. The van der Waals surface area contributed by atoms with E-state index in [-0.39, 0.29) is 0 Å². The smallest absolute Gasteiger partial charge is 0.134 e. The van der Waals surface area contributed by atoms with Crippen LogP contribution in [0.5, 0.6) is 0 Å². The standard InChI is InChI=1S/C14H23N3O/c1-11(18)13-5-4-8-15-14(13)17-9-6-12(7-10-17)16(2)3/h4-5,8,11-12,18H,6-7,9-10H2,1-3H3/t11-/m0/s1. The fraction of sp³-hybridized carbons (Fsp3) is 0.643. The monoisotopic (exact) mass is 249 g/mol. The van der Waals surface area contributed by atoms with Crippen molar-refractivity contribution in [3.63, 3.8) is 0 Å². The number of aromatic nitrogens is 1. The lowest BCUT2D eigenvalue weighted by Crippen LogP contribution is -2.42. The molecule has 0 aliphatic carbocycles. The third-order valence-electron chi connectivity index (χ3n) is 3.76. The summed E-state index contributed by atoms with van der Waals surface area (Å²) in [5.41, 5.74) is 0.931. The van der Waals surface area contributed by atoms with Gasteiger partial charge in [-0.2, -0.15) is 0 Å². The molecule has 4 heteroatoms. The van der Waals surface area contributed by atoms with Gasteiger partial charge in [-0.1, -0.05) is 6.07 Å². The van der Waals surface area contributed by atoms with E-state index in [1.54, 1.807) is 13.1 Å². The minimum absolute atomic E-state index is 0.458. The average molecular weight is 249 g/mol. The number of aliphatic hydroxyl groups excluding tert-OH is 1. The number of anilines is 1. The third kappa shape index (κ3) is 2.82. The first-order valence-electron chi connectivity index (χ1n) is 6.64. The highest BCUT2D eigenvalue weighted by molar-refractivity contribution is 5.48. The molecule has 4 nitrogen and oxygen atoms in total. The van der Waals surface area contributed by atoms with Gasteiger partial charge in [-0.3, -0.25) is 0 Å². The van der Waals surface area contributed by atoms with E-state index in [1.807, 2.05) is 12.1 Å². The van der Waals surface area contributed by atoms with E-state index < -0.39 is 6.10 Å². The highest BCUT2D eigenvalue weighted by atomic mass is 16.3. The second-order valence-corrected chi connectivity index (χ2v) is 5.27. The van der Waals surface area contributed by atoms with E-state index in [2.05, 4.69) is 28.9 Å². The SMILES string of the molecule is C[C@H](O)c1cccnc1N1CCC(N(C)C)CC1. The summed E-state index contributed by atoms with van der Waals surface area (Å²) >= 11 is 0. The molecule has 1 aliphatic heterocycles. The molecule has 0 unspecified atom stereocenters. The molecule has 1 aromatic rings. The van der Waals surface area contributed by atoms with Gasteiger partial charge >= 0.3 is 0 Å². The van der Waals surface area contributed by atoms with Gasteiger partial charge < -0.3 is 14.9 Å². The summed E-state index contributed by atoms with van der Waals surface area (Å²) < 4.78 is 0. The summed E-state index contributed by atoms with van der Waals surface area (Å²) in [6, 6.07) is 4.52. The van der Waals surface area contributed by atoms with Crippen LogP contribution in [-0.2, 0) is 0 Å². The van der Waals surface area contributed by atoms with E-state index in [0.717, 1.165) is 37.3 Å². The fourth-order valence-corrected chi connectivity index (χ4v) is 2.59. The van der Waals surface area contributed by atoms with Gasteiger partial charge in [0.15, 0.2) is 0 Å². The zero-order valence-corrected chi connectivity index (χ0v) is 11.5. The van der Waals surface area contributed by atoms with Crippen LogP contribution in [0.1, 0.15) is 31.4 Å². The van der Waals surface area contributed by atoms with E-state index in [4.69, 9.17) is 0 Å². The molecule has 1 fully saturated rings. The van der Waals surface area contributed by atoms with Crippen molar-refractivity contribution in [2.24, 2.45) is 0 Å². The zero-order chi connectivity index (χ0) is 13.1. The van der Waals surface area contributed by atoms with Crippen LogP contribution in [0.15, 0.2) is 18.3 Å². The van der Waals surface area contributed by atoms with Crippen LogP contribution in [0.25, 0.3) is 0 Å². The lowest BCUT2D eigenvalue weighted by molar-refractivity contribution is 0.198. The van der Waals surface area contributed by atoms with Gasteiger partial charge in [-0.05, 0) is 39.9 Å². The number of rotatable bonds is 3. The van der Waals surface area contributed by atoms with Crippen molar-refractivity contribution in [1.29, 1.82) is 0 Å². The van der Waals surface area contributed by atoms with Crippen molar-refractivity contribution >= 4 is 5.82 Å². The number of hydrogen-bond donors (Lipinski definition) is 1. The minimum Gasteiger partial charge on any atom is -0.389 e. The molecule has 1 saturated heterocycles. The second-order valence-electron chi connectivity index (χ2n) is 5.27. The molecule has 1 atom stereocenters. The molecule has 0 saturated carbocycles. The summed E-state index contributed by atoms with van der Waals surface area (Å²) in [7, 11) is 4.28. The lowest BCUT2D eigenvalue weighted by Gasteiger charge is -2.36. The van der Waals surface area contributed by atoms with E-state index in [9.17, 15) is 5.11 Å². The summed E-state index contributed by atoms with van der Waals surface area (Å²) in [6.45, 7) is 3.83. The predicted octanol–water partition coefficient (Wildman–Crippen LogP) is 1.67. The maximum atomic E-state index is 9.80. The van der Waals surface area contributed by atoms with Crippen LogP contribution in [0.3, 0.4) is 0 Å². The molecule has 2 heterocycles. The van der Waals surface area contributed by atoms with Crippen molar-refractivity contribution in [2.45, 2.75) is 31.9 Å². The Hall–Kier alpha value is -1.13. The lowest BCUT2D eigenvalue weighted by atomic mass is 10.0. The maximum Gasteiger partial charge on any atom is 0.134 e. The first-order valence-corrected chi connectivity index (χ1v) is 6.64.